The van der Waals surface area contributed by atoms with Crippen LogP contribution in [-0.2, 0) is 9.53 Å². The van der Waals surface area contributed by atoms with Crippen molar-refractivity contribution in [1.29, 1.82) is 0 Å². The van der Waals surface area contributed by atoms with Gasteiger partial charge >= 0.3 is 5.97 Å². The van der Waals surface area contributed by atoms with Crippen LogP contribution in [0.3, 0.4) is 0 Å². The van der Waals surface area contributed by atoms with E-state index in [0.29, 0.717) is 0 Å². The molecule has 0 aromatic carbocycles. The quantitative estimate of drug-likeness (QED) is 0.104. The third-order valence-electron chi connectivity index (χ3n) is 4.07. The van der Waals surface area contributed by atoms with Crippen LogP contribution in [0, 0.1) is 0 Å². The minimum absolute atomic E-state index is 0. The average Bonchev–Trinajstić information content (AvgIpc) is 2.66. The van der Waals surface area contributed by atoms with E-state index in [1.54, 1.807) is 0 Å². The fraction of sp³-hybridized carbons (Fsp3) is 0.833. The summed E-state index contributed by atoms with van der Waals surface area (Å²) in [5, 5.41) is 0. The number of nitrogens with zero attached hydrogens (tertiary/aromatic N) is 2. The number of carbonyl (C=O) groups excluding carboxylic acids is 1. The maximum absolute atomic E-state index is 12.2. The molecule has 182 valence electrons. The summed E-state index contributed by atoms with van der Waals surface area (Å²) >= 11 is 0. The first-order valence-corrected chi connectivity index (χ1v) is 17.5. The van der Waals surface area contributed by atoms with Crippen molar-refractivity contribution < 1.29 is 41.9 Å². The molecule has 0 radical (unpaired) electrons. The lowest BCUT2D eigenvalue weighted by Gasteiger charge is -2.44. The number of rotatable bonds is 18. The molecule has 0 saturated carbocycles. The lowest BCUT2D eigenvalue weighted by atomic mass is 10.4. The molecule has 7 unspecified atom stereocenters. The standard InChI is InChI=1S/C18H44N2O2P6.2ClH/c1-8-18(21)22-17(20(26-12-5,27-13-6)28-14-7)15-16-19(23-9-2,24-10-3)25-11-4;;/h8,17,23-28H,1,9-16H2,2-7H3;2*1H/q+2;;/p-2. The maximum Gasteiger partial charge on any atom is 0.334 e. The van der Waals surface area contributed by atoms with Crippen LogP contribution in [0.15, 0.2) is 12.7 Å². The van der Waals surface area contributed by atoms with Gasteiger partial charge in [0.25, 0.3) is 0 Å². The highest BCUT2D eigenvalue weighted by atomic mass is 35.5. The van der Waals surface area contributed by atoms with Crippen molar-refractivity contribution in [1.82, 2.24) is 0 Å². The third-order valence-corrected chi connectivity index (χ3v) is 16.3. The van der Waals surface area contributed by atoms with Crippen molar-refractivity contribution in [3.63, 3.8) is 0 Å². The summed E-state index contributed by atoms with van der Waals surface area (Å²) in [5.41, 5.74) is 0. The summed E-state index contributed by atoms with van der Waals surface area (Å²) < 4.78 is 8.35. The van der Waals surface area contributed by atoms with Crippen molar-refractivity contribution in [3.05, 3.63) is 12.7 Å². The molecule has 0 heterocycles. The summed E-state index contributed by atoms with van der Waals surface area (Å²) in [5.74, 6) is -0.248. The first kappa shape index (κ1) is 36.9. The smallest absolute Gasteiger partial charge is 0.334 e. The number of carbonyl (C=O) groups is 1. The molecule has 0 aliphatic heterocycles. The van der Waals surface area contributed by atoms with E-state index in [1.807, 2.05) is 0 Å². The molecular formula is C18H44Cl2N2O2P6. The van der Waals surface area contributed by atoms with Crippen molar-refractivity contribution >= 4 is 58.4 Å². The van der Waals surface area contributed by atoms with E-state index in [-0.39, 0.29) is 37.0 Å². The van der Waals surface area contributed by atoms with Gasteiger partial charge in [0.15, 0.2) is 0 Å². The molecular weight excluding hydrogens is 533 g/mol. The highest BCUT2D eigenvalue weighted by molar-refractivity contribution is 7.57. The minimum Gasteiger partial charge on any atom is -1.00 e. The molecule has 0 N–H and O–H groups in total. The summed E-state index contributed by atoms with van der Waals surface area (Å²) in [4.78, 5) is 12.2. The van der Waals surface area contributed by atoms with Gasteiger partial charge in [-0.05, 0) is 0 Å². The Labute approximate surface area is 210 Å². The molecule has 0 bridgehead atoms. The summed E-state index contributed by atoms with van der Waals surface area (Å²) in [6.45, 7) is 18.6. The van der Waals surface area contributed by atoms with Gasteiger partial charge in [0.2, 0.25) is 6.23 Å². The van der Waals surface area contributed by atoms with Crippen molar-refractivity contribution in [3.8, 4) is 0 Å². The van der Waals surface area contributed by atoms with Crippen LogP contribution in [0.5, 0.6) is 0 Å². The Kier molecular flexibility index (Phi) is 26.8. The molecule has 4 nitrogen and oxygen atoms in total. The van der Waals surface area contributed by atoms with Crippen LogP contribution in [-0.4, -0.2) is 63.3 Å². The van der Waals surface area contributed by atoms with E-state index in [2.05, 4.69) is 48.1 Å². The van der Waals surface area contributed by atoms with Gasteiger partial charge in [0.1, 0.15) is 0 Å². The second-order valence-electron chi connectivity index (χ2n) is 6.21. The van der Waals surface area contributed by atoms with E-state index in [9.17, 15) is 4.79 Å². The van der Waals surface area contributed by atoms with E-state index < -0.39 is 0 Å². The topological polar surface area (TPSA) is 26.3 Å². The van der Waals surface area contributed by atoms with Crippen LogP contribution in [0.2, 0.25) is 0 Å². The molecule has 0 aromatic rings. The fourth-order valence-electron chi connectivity index (χ4n) is 3.25. The summed E-state index contributed by atoms with van der Waals surface area (Å²) in [7, 11) is 5.37. The number of hydrogen-bond acceptors (Lipinski definition) is 2. The van der Waals surface area contributed by atoms with Crippen LogP contribution < -0.4 is 24.8 Å². The highest BCUT2D eigenvalue weighted by Gasteiger charge is 2.41. The largest absolute Gasteiger partial charge is 1.00 e. The molecule has 0 aliphatic carbocycles. The second-order valence-corrected chi connectivity index (χ2v) is 19.4. The normalized spacial score (nSPS) is 18.1. The number of quaternary nitrogens is 2. The van der Waals surface area contributed by atoms with E-state index in [0.717, 1.165) is 87.6 Å². The first-order valence-electron chi connectivity index (χ1n) is 10.5. The van der Waals surface area contributed by atoms with Crippen molar-refractivity contribution in [2.24, 2.45) is 0 Å². The SMILES string of the molecule is C=CC(=O)OC(CC[N+](PCC)(PCC)PCC)[N+](PCC)(PCC)PCC.[Cl-].[Cl-]. The van der Waals surface area contributed by atoms with Crippen LogP contribution in [0.1, 0.15) is 48.0 Å². The second kappa shape index (κ2) is 21.8. The monoisotopic (exact) mass is 576 g/mol. The number of hydrogen-bond donors (Lipinski definition) is 0. The average molecular weight is 577 g/mol. The van der Waals surface area contributed by atoms with Gasteiger partial charge in [-0.1, -0.05) is 48.1 Å². The van der Waals surface area contributed by atoms with Crippen LogP contribution in [0.4, 0.5) is 0 Å². The predicted octanol–water partition coefficient (Wildman–Crippen LogP) is 0.754. The van der Waals surface area contributed by atoms with E-state index >= 15 is 0 Å². The molecule has 0 rings (SSSR count). The van der Waals surface area contributed by atoms with Gasteiger partial charge in [-0.2, -0.15) is 0 Å². The maximum atomic E-state index is 12.2. The van der Waals surface area contributed by atoms with Gasteiger partial charge < -0.3 is 29.6 Å². The Morgan fingerprint density at radius 3 is 1.47 bits per heavy atom. The minimum atomic E-state index is -0.248. The van der Waals surface area contributed by atoms with Gasteiger partial charge in [0.05, 0.1) is 65.4 Å². The van der Waals surface area contributed by atoms with Crippen molar-refractivity contribution in [2.75, 3.05) is 43.5 Å². The Bertz CT molecular complexity index is 419. The highest BCUT2D eigenvalue weighted by Crippen LogP contribution is 2.59. The van der Waals surface area contributed by atoms with E-state index in [4.69, 9.17) is 4.74 Å². The third kappa shape index (κ3) is 13.2. The molecule has 0 aliphatic rings. The molecule has 12 heteroatoms. The predicted molar refractivity (Wildman–Crippen MR) is 143 cm³/mol. The van der Waals surface area contributed by atoms with Gasteiger partial charge in [0, 0.05) is 43.0 Å². The van der Waals surface area contributed by atoms with Gasteiger partial charge in [-0.25, -0.2) is 4.79 Å². The van der Waals surface area contributed by atoms with Crippen molar-refractivity contribution in [2.45, 2.75) is 54.2 Å². The molecule has 30 heavy (non-hydrogen) atoms. The first-order chi connectivity index (χ1) is 13.4. The number of ether oxygens (including phenoxy) is 1. The molecule has 0 spiro atoms. The molecule has 0 amide bonds. The zero-order chi connectivity index (χ0) is 21.5. The fourth-order valence-corrected chi connectivity index (χ4v) is 16.8. The zero-order valence-corrected chi connectivity index (χ0v) is 27.0. The summed E-state index contributed by atoms with van der Waals surface area (Å²) in [6, 6.07) is 0. The summed E-state index contributed by atoms with van der Waals surface area (Å²) in [6.07, 6.45) is 9.55. The van der Waals surface area contributed by atoms with E-state index in [1.165, 1.54) is 28.4 Å². The van der Waals surface area contributed by atoms with Crippen LogP contribution >= 0.6 is 52.4 Å². The molecule has 0 aromatic heterocycles. The molecule has 7 atom stereocenters. The Hall–Kier alpha value is 2.29. The Balaban J connectivity index is -0.00000364. The molecule has 0 fully saturated rings. The van der Waals surface area contributed by atoms with Gasteiger partial charge in [-0.3, -0.25) is 7.59 Å². The number of esters is 1. The van der Waals surface area contributed by atoms with Crippen LogP contribution in [0.25, 0.3) is 0 Å². The number of halogens is 2. The lowest BCUT2D eigenvalue weighted by molar-refractivity contribution is -0.607. The Morgan fingerprint density at radius 2 is 1.17 bits per heavy atom. The van der Waals surface area contributed by atoms with Gasteiger partial charge in [-0.15, -0.1) is 0 Å². The Morgan fingerprint density at radius 1 is 0.800 bits per heavy atom. The molecule has 0 saturated heterocycles. The zero-order valence-electron chi connectivity index (χ0n) is 19.5. The lowest BCUT2D eigenvalue weighted by Crippen LogP contribution is -3.00.